The highest BCUT2D eigenvalue weighted by Crippen LogP contribution is 2.56. The first-order chi connectivity index (χ1) is 14.3. The molecule has 3 aromatic rings. The third kappa shape index (κ3) is 2.42. The molecule has 3 aliphatic rings. The first-order valence-corrected chi connectivity index (χ1v) is 9.90. The SMILES string of the molecule is O=C1NCc2ccc(-c3cccc4c(C(=O)N5CC6(C5)CC(F)(F)C6)cnn34)cc21. The lowest BCUT2D eigenvalue weighted by Crippen LogP contribution is -2.66. The second-order valence-corrected chi connectivity index (χ2v) is 8.69. The summed E-state index contributed by atoms with van der Waals surface area (Å²) in [7, 11) is 0. The second kappa shape index (κ2) is 5.65. The number of hydrogen-bond donors (Lipinski definition) is 1. The fourth-order valence-corrected chi connectivity index (χ4v) is 5.11. The van der Waals surface area contributed by atoms with Crippen LogP contribution in [0.25, 0.3) is 16.8 Å². The number of rotatable bonds is 2. The molecule has 0 unspecified atom stereocenters. The fraction of sp³-hybridized carbons (Fsp3) is 0.318. The van der Waals surface area contributed by atoms with Crippen LogP contribution < -0.4 is 5.32 Å². The number of carbonyl (C=O) groups is 2. The molecule has 1 spiro atoms. The Bertz CT molecular complexity index is 1230. The fourth-order valence-electron chi connectivity index (χ4n) is 5.11. The summed E-state index contributed by atoms with van der Waals surface area (Å²) in [6.45, 7) is 1.28. The Kier molecular flexibility index (Phi) is 3.31. The molecule has 0 radical (unpaired) electrons. The van der Waals surface area contributed by atoms with Gasteiger partial charge in [0.1, 0.15) is 0 Å². The van der Waals surface area contributed by atoms with E-state index in [2.05, 4.69) is 10.4 Å². The monoisotopic (exact) mass is 408 g/mol. The van der Waals surface area contributed by atoms with Gasteiger partial charge in [-0.25, -0.2) is 13.3 Å². The predicted octanol–water partition coefficient (Wildman–Crippen LogP) is 3.12. The smallest absolute Gasteiger partial charge is 0.257 e. The third-order valence-corrected chi connectivity index (χ3v) is 6.47. The van der Waals surface area contributed by atoms with Gasteiger partial charge in [-0.3, -0.25) is 9.59 Å². The molecular formula is C22H18F2N4O2. The van der Waals surface area contributed by atoms with E-state index in [4.69, 9.17) is 0 Å². The van der Waals surface area contributed by atoms with Crippen molar-refractivity contribution in [2.75, 3.05) is 13.1 Å². The number of nitrogens with one attached hydrogen (secondary N) is 1. The Hall–Kier alpha value is -3.29. The van der Waals surface area contributed by atoms with Gasteiger partial charge in [0, 0.05) is 49.0 Å². The van der Waals surface area contributed by atoms with Gasteiger partial charge < -0.3 is 10.2 Å². The molecule has 2 fully saturated rings. The minimum atomic E-state index is -2.58. The molecule has 1 N–H and O–H groups in total. The molecule has 1 aromatic carbocycles. The summed E-state index contributed by atoms with van der Waals surface area (Å²) in [6.07, 6.45) is 1.27. The predicted molar refractivity (Wildman–Crippen MR) is 104 cm³/mol. The van der Waals surface area contributed by atoms with E-state index in [0.29, 0.717) is 36.3 Å². The lowest BCUT2D eigenvalue weighted by molar-refractivity contribution is -0.203. The zero-order valence-corrected chi connectivity index (χ0v) is 16.0. The van der Waals surface area contributed by atoms with E-state index in [1.54, 1.807) is 9.42 Å². The van der Waals surface area contributed by atoms with Crippen LogP contribution in [0.15, 0.2) is 42.6 Å². The maximum atomic E-state index is 13.2. The average molecular weight is 408 g/mol. The molecule has 6 nitrogen and oxygen atoms in total. The molecule has 8 heteroatoms. The number of halogens is 2. The average Bonchev–Trinajstić information content (AvgIpc) is 3.27. The van der Waals surface area contributed by atoms with Crippen LogP contribution in [0.3, 0.4) is 0 Å². The highest BCUT2D eigenvalue weighted by molar-refractivity contribution is 6.02. The Labute approximate surface area is 170 Å². The maximum absolute atomic E-state index is 13.2. The summed E-state index contributed by atoms with van der Waals surface area (Å²) in [4.78, 5) is 26.6. The number of nitrogens with zero attached hydrogens (tertiary/aromatic N) is 3. The minimum Gasteiger partial charge on any atom is -0.348 e. The molecule has 1 saturated carbocycles. The van der Waals surface area contributed by atoms with Gasteiger partial charge in [-0.15, -0.1) is 0 Å². The Morgan fingerprint density at radius 3 is 2.70 bits per heavy atom. The van der Waals surface area contributed by atoms with E-state index in [1.165, 1.54) is 6.20 Å². The molecule has 1 saturated heterocycles. The number of hydrogen-bond acceptors (Lipinski definition) is 3. The quantitative estimate of drug-likeness (QED) is 0.709. The number of likely N-dealkylation sites (tertiary alicyclic amines) is 1. The second-order valence-electron chi connectivity index (χ2n) is 8.69. The van der Waals surface area contributed by atoms with Crippen molar-refractivity contribution >= 4 is 17.3 Å². The van der Waals surface area contributed by atoms with Gasteiger partial charge in [0.05, 0.1) is 23.0 Å². The van der Waals surface area contributed by atoms with Crippen LogP contribution >= 0.6 is 0 Å². The van der Waals surface area contributed by atoms with Crippen molar-refractivity contribution in [1.29, 1.82) is 0 Å². The van der Waals surface area contributed by atoms with Gasteiger partial charge in [0.25, 0.3) is 11.8 Å². The lowest BCUT2D eigenvalue weighted by atomic mass is 9.61. The van der Waals surface area contributed by atoms with Gasteiger partial charge in [-0.05, 0) is 23.8 Å². The number of pyridine rings is 1. The minimum absolute atomic E-state index is 0.0939. The molecule has 2 amide bonds. The summed E-state index contributed by atoms with van der Waals surface area (Å²) in [5, 5.41) is 7.22. The van der Waals surface area contributed by atoms with E-state index >= 15 is 0 Å². The van der Waals surface area contributed by atoms with Crippen molar-refractivity contribution in [3.63, 3.8) is 0 Å². The van der Waals surface area contributed by atoms with Crippen molar-refractivity contribution in [2.24, 2.45) is 5.41 Å². The molecule has 1 aliphatic carbocycles. The highest BCUT2D eigenvalue weighted by Gasteiger charge is 2.62. The van der Waals surface area contributed by atoms with Crippen LogP contribution in [0.1, 0.15) is 39.1 Å². The molecular weight excluding hydrogens is 390 g/mol. The van der Waals surface area contributed by atoms with E-state index in [-0.39, 0.29) is 24.7 Å². The Balaban J connectivity index is 1.31. The van der Waals surface area contributed by atoms with Crippen molar-refractivity contribution in [2.45, 2.75) is 25.3 Å². The normalized spacial score (nSPS) is 20.6. The van der Waals surface area contributed by atoms with Crippen LogP contribution in [0, 0.1) is 5.41 Å². The van der Waals surface area contributed by atoms with Gasteiger partial charge in [-0.2, -0.15) is 5.10 Å². The summed E-state index contributed by atoms with van der Waals surface area (Å²) >= 11 is 0. The summed E-state index contributed by atoms with van der Waals surface area (Å²) in [6, 6.07) is 11.2. The summed E-state index contributed by atoms with van der Waals surface area (Å²) < 4.78 is 28.2. The number of benzene rings is 1. The summed E-state index contributed by atoms with van der Waals surface area (Å²) in [5.41, 5.74) is 3.92. The van der Waals surface area contributed by atoms with Gasteiger partial charge in [0.15, 0.2) is 0 Å². The number of alkyl halides is 2. The topological polar surface area (TPSA) is 66.7 Å². The molecule has 6 rings (SSSR count). The van der Waals surface area contributed by atoms with Crippen molar-refractivity contribution in [3.05, 3.63) is 59.3 Å². The van der Waals surface area contributed by atoms with E-state index < -0.39 is 11.3 Å². The first kappa shape index (κ1) is 17.6. The van der Waals surface area contributed by atoms with Gasteiger partial charge in [-0.1, -0.05) is 18.2 Å². The molecule has 2 aromatic heterocycles. The van der Waals surface area contributed by atoms with Crippen LogP contribution in [-0.4, -0.2) is 45.3 Å². The number of aromatic nitrogens is 2. The standard InChI is InChI=1S/C22H18F2N4O2/c23-22(24)9-21(10-22)11-27(12-21)20(30)16-8-26-28-17(2-1-3-18(16)28)13-4-5-14-7-25-19(29)15(14)6-13/h1-6,8H,7,9-12H2,(H,25,29). The number of carbonyl (C=O) groups excluding carboxylic acids is 2. The number of fused-ring (bicyclic) bond motifs is 2. The van der Waals surface area contributed by atoms with Crippen molar-refractivity contribution < 1.29 is 18.4 Å². The Morgan fingerprint density at radius 1 is 1.13 bits per heavy atom. The van der Waals surface area contributed by atoms with Crippen molar-refractivity contribution in [1.82, 2.24) is 19.8 Å². The molecule has 0 atom stereocenters. The third-order valence-electron chi connectivity index (χ3n) is 6.47. The zero-order chi connectivity index (χ0) is 20.7. The van der Waals surface area contributed by atoms with Crippen LogP contribution in [0.5, 0.6) is 0 Å². The first-order valence-electron chi connectivity index (χ1n) is 9.90. The van der Waals surface area contributed by atoms with Crippen molar-refractivity contribution in [3.8, 4) is 11.3 Å². The van der Waals surface area contributed by atoms with E-state index in [1.807, 2.05) is 36.4 Å². The maximum Gasteiger partial charge on any atom is 0.257 e. The summed E-state index contributed by atoms with van der Waals surface area (Å²) in [5.74, 6) is -2.86. The highest BCUT2D eigenvalue weighted by atomic mass is 19.3. The van der Waals surface area contributed by atoms with Gasteiger partial charge >= 0.3 is 0 Å². The van der Waals surface area contributed by atoms with Crippen LogP contribution in [-0.2, 0) is 6.54 Å². The largest absolute Gasteiger partial charge is 0.348 e. The number of amides is 2. The molecule has 152 valence electrons. The molecule has 2 aliphatic heterocycles. The molecule has 0 bridgehead atoms. The Morgan fingerprint density at radius 2 is 1.93 bits per heavy atom. The van der Waals surface area contributed by atoms with Crippen LogP contribution in [0.4, 0.5) is 8.78 Å². The zero-order valence-electron chi connectivity index (χ0n) is 16.0. The molecule has 4 heterocycles. The molecule has 30 heavy (non-hydrogen) atoms. The van der Waals surface area contributed by atoms with Crippen LogP contribution in [0.2, 0.25) is 0 Å². The van der Waals surface area contributed by atoms with Gasteiger partial charge in [0.2, 0.25) is 5.92 Å². The lowest BCUT2D eigenvalue weighted by Gasteiger charge is -2.58. The van der Waals surface area contributed by atoms with E-state index in [0.717, 1.165) is 16.8 Å². The van der Waals surface area contributed by atoms with E-state index in [9.17, 15) is 18.4 Å².